The summed E-state index contributed by atoms with van der Waals surface area (Å²) in [6, 6.07) is 6.96. The van der Waals surface area contributed by atoms with Gasteiger partial charge in [-0.25, -0.2) is 0 Å². The molecule has 0 aliphatic carbocycles. The third-order valence-electron chi connectivity index (χ3n) is 3.36. The predicted molar refractivity (Wildman–Crippen MR) is 84.2 cm³/mol. The van der Waals surface area contributed by atoms with Crippen molar-refractivity contribution >= 4 is 50.4 Å². The fraction of sp³-hybridized carbons (Fsp3) is 0.133. The van der Waals surface area contributed by atoms with E-state index in [0.717, 1.165) is 5.56 Å². The Morgan fingerprint density at radius 2 is 2.05 bits per heavy atom. The van der Waals surface area contributed by atoms with Crippen LogP contribution in [0.1, 0.15) is 25.6 Å². The average molecular weight is 364 g/mol. The van der Waals surface area contributed by atoms with E-state index in [2.05, 4.69) is 15.9 Å². The summed E-state index contributed by atoms with van der Waals surface area (Å²) in [6.07, 6.45) is 0. The van der Waals surface area contributed by atoms with Gasteiger partial charge in [-0.05, 0) is 45.9 Å². The van der Waals surface area contributed by atoms with Gasteiger partial charge in [0.15, 0.2) is 5.78 Å². The number of ketones is 2. The van der Waals surface area contributed by atoms with Gasteiger partial charge in [-0.15, -0.1) is 11.3 Å². The summed E-state index contributed by atoms with van der Waals surface area (Å²) in [6.45, 7) is 1.70. The first-order valence-corrected chi connectivity index (χ1v) is 7.90. The zero-order valence-electron chi connectivity index (χ0n) is 11.1. The molecule has 0 fully saturated rings. The largest absolute Gasteiger partial charge is 0.299 e. The molecule has 4 nitrogen and oxygen atoms in total. The number of hydrogen-bond acceptors (Lipinski definition) is 4. The van der Waals surface area contributed by atoms with E-state index < -0.39 is 11.7 Å². The highest BCUT2D eigenvalue weighted by Crippen LogP contribution is 2.33. The summed E-state index contributed by atoms with van der Waals surface area (Å²) in [7, 11) is 0. The van der Waals surface area contributed by atoms with Gasteiger partial charge in [0, 0.05) is 4.47 Å². The van der Waals surface area contributed by atoms with Gasteiger partial charge in [-0.2, -0.15) is 0 Å². The van der Waals surface area contributed by atoms with Crippen LogP contribution in [0, 0.1) is 6.92 Å². The van der Waals surface area contributed by atoms with Crippen molar-refractivity contribution < 1.29 is 14.4 Å². The third-order valence-corrected chi connectivity index (χ3v) is 5.24. The Balaban J connectivity index is 1.98. The van der Waals surface area contributed by atoms with Gasteiger partial charge in [-0.3, -0.25) is 19.3 Å². The van der Waals surface area contributed by atoms with E-state index in [4.69, 9.17) is 0 Å². The zero-order chi connectivity index (χ0) is 15.1. The van der Waals surface area contributed by atoms with E-state index in [0.29, 0.717) is 20.6 Å². The first kappa shape index (κ1) is 14.2. The molecular formula is C15H10BrNO3S. The molecule has 0 bridgehead atoms. The van der Waals surface area contributed by atoms with Gasteiger partial charge in [0.1, 0.15) is 0 Å². The maximum Gasteiger partial charge on any atom is 0.299 e. The van der Waals surface area contributed by atoms with Crippen LogP contribution >= 0.6 is 27.3 Å². The van der Waals surface area contributed by atoms with Crippen molar-refractivity contribution in [2.45, 2.75) is 6.92 Å². The summed E-state index contributed by atoms with van der Waals surface area (Å²) in [5.74, 6) is -1.37. The van der Waals surface area contributed by atoms with Crippen LogP contribution in [0.2, 0.25) is 0 Å². The second kappa shape index (κ2) is 5.20. The van der Waals surface area contributed by atoms with Crippen LogP contribution in [-0.4, -0.2) is 24.0 Å². The van der Waals surface area contributed by atoms with Gasteiger partial charge in [0.05, 0.1) is 22.7 Å². The Morgan fingerprint density at radius 3 is 2.71 bits per heavy atom. The Bertz CT molecular complexity index is 781. The molecule has 1 aliphatic heterocycles. The number of aryl methyl sites for hydroxylation is 1. The minimum absolute atomic E-state index is 0.123. The highest BCUT2D eigenvalue weighted by atomic mass is 79.9. The number of carbonyl (C=O) groups excluding carboxylic acids is 3. The Labute approximate surface area is 133 Å². The monoisotopic (exact) mass is 363 g/mol. The molecule has 1 amide bonds. The van der Waals surface area contributed by atoms with Crippen molar-refractivity contribution in [2.75, 3.05) is 11.4 Å². The van der Waals surface area contributed by atoms with E-state index in [1.165, 1.54) is 16.2 Å². The van der Waals surface area contributed by atoms with Gasteiger partial charge in [0.25, 0.3) is 11.7 Å². The first-order chi connectivity index (χ1) is 10.0. The lowest BCUT2D eigenvalue weighted by molar-refractivity contribution is -0.114. The normalized spacial score (nSPS) is 13.7. The third kappa shape index (κ3) is 2.24. The van der Waals surface area contributed by atoms with E-state index >= 15 is 0 Å². The first-order valence-electron chi connectivity index (χ1n) is 6.22. The molecule has 0 unspecified atom stereocenters. The molecule has 0 saturated heterocycles. The van der Waals surface area contributed by atoms with Crippen molar-refractivity contribution in [3.05, 3.63) is 50.1 Å². The van der Waals surface area contributed by atoms with E-state index in [1.54, 1.807) is 23.6 Å². The average Bonchev–Trinajstić information content (AvgIpc) is 2.98. The Hall–Kier alpha value is -1.79. The summed E-state index contributed by atoms with van der Waals surface area (Å²) >= 11 is 4.62. The Kier molecular flexibility index (Phi) is 3.51. The van der Waals surface area contributed by atoms with Crippen LogP contribution < -0.4 is 4.90 Å². The number of amides is 1. The minimum Gasteiger partial charge on any atom is -0.297 e. The lowest BCUT2D eigenvalue weighted by Gasteiger charge is -2.17. The molecule has 2 heterocycles. The molecule has 1 aliphatic rings. The van der Waals surface area contributed by atoms with Gasteiger partial charge in [-0.1, -0.05) is 12.1 Å². The number of benzene rings is 1. The number of para-hydroxylation sites is 1. The number of carbonyl (C=O) groups is 3. The van der Waals surface area contributed by atoms with Crippen molar-refractivity contribution in [3.63, 3.8) is 0 Å². The lowest BCUT2D eigenvalue weighted by atomic mass is 10.1. The maximum atomic E-state index is 12.3. The summed E-state index contributed by atoms with van der Waals surface area (Å²) in [4.78, 5) is 38.3. The predicted octanol–water partition coefficient (Wildman–Crippen LogP) is 3.23. The van der Waals surface area contributed by atoms with Crippen molar-refractivity contribution in [3.8, 4) is 0 Å². The van der Waals surface area contributed by atoms with E-state index in [1.807, 2.05) is 13.0 Å². The van der Waals surface area contributed by atoms with Crippen molar-refractivity contribution in [1.82, 2.24) is 0 Å². The number of nitrogens with zero attached hydrogens (tertiary/aromatic N) is 1. The number of anilines is 1. The zero-order valence-corrected chi connectivity index (χ0v) is 13.5. The number of hydrogen-bond donors (Lipinski definition) is 0. The topological polar surface area (TPSA) is 54.5 Å². The minimum atomic E-state index is -0.639. The molecular weight excluding hydrogens is 354 g/mol. The highest BCUT2D eigenvalue weighted by molar-refractivity contribution is 9.10. The molecule has 0 saturated carbocycles. The summed E-state index contributed by atoms with van der Waals surface area (Å²) in [5, 5.41) is 1.80. The number of halogens is 1. The fourth-order valence-electron chi connectivity index (χ4n) is 2.40. The summed E-state index contributed by atoms with van der Waals surface area (Å²) in [5.41, 5.74) is 1.73. The molecule has 0 N–H and O–H groups in total. The summed E-state index contributed by atoms with van der Waals surface area (Å²) < 4.78 is 0.709. The molecule has 0 spiro atoms. The van der Waals surface area contributed by atoms with E-state index in [9.17, 15) is 14.4 Å². The molecule has 6 heteroatoms. The van der Waals surface area contributed by atoms with Crippen LogP contribution in [0.3, 0.4) is 0 Å². The lowest BCUT2D eigenvalue weighted by Crippen LogP contribution is -2.34. The van der Waals surface area contributed by atoms with Crippen molar-refractivity contribution in [2.24, 2.45) is 0 Å². The molecule has 1 aromatic carbocycles. The van der Waals surface area contributed by atoms with Crippen LogP contribution in [0.25, 0.3) is 0 Å². The number of fused-ring (bicyclic) bond motifs is 1. The van der Waals surface area contributed by atoms with Gasteiger partial charge in [0.2, 0.25) is 0 Å². The second-order valence-electron chi connectivity index (χ2n) is 4.71. The number of rotatable bonds is 3. The molecule has 106 valence electrons. The smallest absolute Gasteiger partial charge is 0.297 e. The van der Waals surface area contributed by atoms with E-state index in [-0.39, 0.29) is 12.3 Å². The number of thiophene rings is 1. The number of Topliss-reactive ketones (excluding diaryl/α,β-unsaturated/α-hetero) is 2. The van der Waals surface area contributed by atoms with Crippen LogP contribution in [0.5, 0.6) is 0 Å². The molecule has 0 radical (unpaired) electrons. The van der Waals surface area contributed by atoms with Crippen LogP contribution in [0.15, 0.2) is 34.1 Å². The molecule has 21 heavy (non-hydrogen) atoms. The second-order valence-corrected chi connectivity index (χ2v) is 6.48. The molecule has 1 aromatic heterocycles. The Morgan fingerprint density at radius 1 is 1.29 bits per heavy atom. The quantitative estimate of drug-likeness (QED) is 0.621. The van der Waals surface area contributed by atoms with Gasteiger partial charge >= 0.3 is 0 Å². The maximum absolute atomic E-state index is 12.3. The molecule has 0 atom stereocenters. The highest BCUT2D eigenvalue weighted by Gasteiger charge is 2.38. The fourth-order valence-corrected chi connectivity index (χ4v) is 3.92. The van der Waals surface area contributed by atoms with Gasteiger partial charge < -0.3 is 0 Å². The standard InChI is InChI=1S/C15H10BrNO3S/c1-8-3-2-4-9-12(8)17(15(20)13(9)19)7-11(18)14-10(16)5-6-21-14/h2-6H,7H2,1H3. The molecule has 3 rings (SSSR count). The molecule has 2 aromatic rings. The van der Waals surface area contributed by atoms with Crippen LogP contribution in [0.4, 0.5) is 5.69 Å². The van der Waals surface area contributed by atoms with Crippen molar-refractivity contribution in [1.29, 1.82) is 0 Å². The SMILES string of the molecule is Cc1cccc2c1N(CC(=O)c1sccc1Br)C(=O)C2=O. The van der Waals surface area contributed by atoms with Crippen LogP contribution in [-0.2, 0) is 4.79 Å².